The molecule has 0 atom stereocenters. The molecule has 10 heteroatoms. The predicted molar refractivity (Wildman–Crippen MR) is 145 cm³/mol. The second-order valence-corrected chi connectivity index (χ2v) is 9.32. The predicted octanol–water partition coefficient (Wildman–Crippen LogP) is 6.48. The molecule has 0 saturated carbocycles. The number of cyclic esters (lactones) is 1. The topological polar surface area (TPSA) is 100 Å². The lowest BCUT2D eigenvalue weighted by atomic mass is 10.1. The van der Waals surface area contributed by atoms with Gasteiger partial charge in [-0.3, -0.25) is 10.1 Å². The fourth-order valence-electron chi connectivity index (χ4n) is 3.59. The number of aliphatic imine (C=N–C) groups is 1. The Morgan fingerprint density at radius 2 is 1.94 bits per heavy atom. The molecule has 36 heavy (non-hydrogen) atoms. The van der Waals surface area contributed by atoms with Crippen LogP contribution in [0.25, 0.3) is 6.08 Å². The van der Waals surface area contributed by atoms with Crippen LogP contribution < -0.4 is 9.47 Å². The van der Waals surface area contributed by atoms with E-state index < -0.39 is 10.9 Å². The standard InChI is InChI=1S/C26H20ClIN2O6/c1-3-34-23-13-17(11-20(28)24(23)35-14-16-6-4-7-18(27)10-16)12-21-26(31)36-25(29-21)19-8-5-9-22(15(19)2)30(32)33/h4-13H,3,14H2,1-2H3/b21-12-. The summed E-state index contributed by atoms with van der Waals surface area (Å²) in [5, 5.41) is 11.9. The molecule has 0 fully saturated rings. The zero-order valence-electron chi connectivity index (χ0n) is 19.3. The van der Waals surface area contributed by atoms with Gasteiger partial charge in [0.05, 0.1) is 15.1 Å². The third-order valence-electron chi connectivity index (χ3n) is 5.26. The van der Waals surface area contributed by atoms with E-state index in [2.05, 4.69) is 27.6 Å². The zero-order chi connectivity index (χ0) is 25.8. The van der Waals surface area contributed by atoms with E-state index in [9.17, 15) is 14.9 Å². The van der Waals surface area contributed by atoms with Gasteiger partial charge in [-0.05, 0) is 84.0 Å². The molecular formula is C26H20ClIN2O6. The van der Waals surface area contributed by atoms with E-state index in [0.29, 0.717) is 46.4 Å². The zero-order valence-corrected chi connectivity index (χ0v) is 22.2. The summed E-state index contributed by atoms with van der Waals surface area (Å²) in [6.45, 7) is 4.18. The van der Waals surface area contributed by atoms with Crippen LogP contribution >= 0.6 is 34.2 Å². The van der Waals surface area contributed by atoms with Gasteiger partial charge in [0, 0.05) is 22.2 Å². The molecule has 0 amide bonds. The number of benzene rings is 3. The number of carbonyl (C=O) groups excluding carboxylic acids is 1. The molecule has 0 bridgehead atoms. The number of carbonyl (C=O) groups is 1. The summed E-state index contributed by atoms with van der Waals surface area (Å²) in [4.78, 5) is 27.6. The van der Waals surface area contributed by atoms with Gasteiger partial charge in [-0.2, -0.15) is 0 Å². The third kappa shape index (κ3) is 5.68. The normalized spacial score (nSPS) is 13.9. The minimum atomic E-state index is -0.648. The lowest BCUT2D eigenvalue weighted by Crippen LogP contribution is -2.08. The maximum Gasteiger partial charge on any atom is 0.363 e. The minimum absolute atomic E-state index is 0.0219. The van der Waals surface area contributed by atoms with Crippen LogP contribution in [0, 0.1) is 20.6 Å². The molecule has 0 radical (unpaired) electrons. The number of hydrogen-bond acceptors (Lipinski definition) is 7. The number of nitro benzene ring substituents is 1. The lowest BCUT2D eigenvalue weighted by Gasteiger charge is -2.15. The highest BCUT2D eigenvalue weighted by molar-refractivity contribution is 14.1. The molecule has 184 valence electrons. The fourth-order valence-corrected chi connectivity index (χ4v) is 4.59. The van der Waals surface area contributed by atoms with E-state index in [1.54, 1.807) is 31.2 Å². The van der Waals surface area contributed by atoms with Crippen molar-refractivity contribution >= 4 is 57.8 Å². The van der Waals surface area contributed by atoms with E-state index in [-0.39, 0.29) is 17.3 Å². The van der Waals surface area contributed by atoms with Crippen LogP contribution in [0.3, 0.4) is 0 Å². The first-order valence-electron chi connectivity index (χ1n) is 10.9. The molecular weight excluding hydrogens is 599 g/mol. The molecule has 0 unspecified atom stereocenters. The van der Waals surface area contributed by atoms with Crippen molar-refractivity contribution in [3.63, 3.8) is 0 Å². The Morgan fingerprint density at radius 3 is 2.67 bits per heavy atom. The van der Waals surface area contributed by atoms with Crippen LogP contribution in [0.2, 0.25) is 5.02 Å². The van der Waals surface area contributed by atoms with Crippen molar-refractivity contribution in [3.05, 3.63) is 101 Å². The van der Waals surface area contributed by atoms with Crippen molar-refractivity contribution in [3.8, 4) is 11.5 Å². The van der Waals surface area contributed by atoms with E-state index >= 15 is 0 Å². The second-order valence-electron chi connectivity index (χ2n) is 7.72. The van der Waals surface area contributed by atoms with Crippen molar-refractivity contribution in [1.82, 2.24) is 0 Å². The Hall–Kier alpha value is -3.44. The summed E-state index contributed by atoms with van der Waals surface area (Å²) in [5.74, 6) is 0.465. The molecule has 3 aromatic rings. The van der Waals surface area contributed by atoms with Gasteiger partial charge in [0.2, 0.25) is 5.90 Å². The quantitative estimate of drug-likeness (QED) is 0.0942. The van der Waals surface area contributed by atoms with Crippen molar-refractivity contribution in [2.45, 2.75) is 20.5 Å². The van der Waals surface area contributed by atoms with Gasteiger partial charge in [-0.1, -0.05) is 29.8 Å². The number of esters is 1. The number of nitrogens with zero attached hydrogens (tertiary/aromatic N) is 2. The molecule has 1 heterocycles. The molecule has 1 aliphatic heterocycles. The van der Waals surface area contributed by atoms with Crippen LogP contribution in [0.15, 0.2) is 65.3 Å². The molecule has 3 aromatic carbocycles. The maximum atomic E-state index is 12.5. The summed E-state index contributed by atoms with van der Waals surface area (Å²) in [5.41, 5.74) is 2.32. The highest BCUT2D eigenvalue weighted by Crippen LogP contribution is 2.36. The number of halogens is 2. The number of hydrogen-bond donors (Lipinski definition) is 0. The van der Waals surface area contributed by atoms with Crippen LogP contribution in [-0.2, 0) is 16.1 Å². The monoisotopic (exact) mass is 618 g/mol. The van der Waals surface area contributed by atoms with Crippen molar-refractivity contribution in [2.75, 3.05) is 6.61 Å². The average molecular weight is 619 g/mol. The molecule has 0 aromatic heterocycles. The smallest absolute Gasteiger partial charge is 0.363 e. The first-order chi connectivity index (χ1) is 17.3. The van der Waals surface area contributed by atoms with Crippen LogP contribution in [0.1, 0.15) is 29.2 Å². The Balaban J connectivity index is 1.64. The van der Waals surface area contributed by atoms with Gasteiger partial charge < -0.3 is 14.2 Å². The van der Waals surface area contributed by atoms with Gasteiger partial charge in [-0.25, -0.2) is 9.79 Å². The lowest BCUT2D eigenvalue weighted by molar-refractivity contribution is -0.385. The molecule has 0 N–H and O–H groups in total. The van der Waals surface area contributed by atoms with E-state index in [1.165, 1.54) is 12.1 Å². The third-order valence-corrected chi connectivity index (χ3v) is 6.30. The van der Waals surface area contributed by atoms with Crippen LogP contribution in [0.4, 0.5) is 5.69 Å². The maximum absolute atomic E-state index is 12.5. The Morgan fingerprint density at radius 1 is 1.17 bits per heavy atom. The molecule has 0 spiro atoms. The van der Waals surface area contributed by atoms with Crippen molar-refractivity contribution in [2.24, 2.45) is 4.99 Å². The molecule has 0 saturated heterocycles. The molecule has 8 nitrogen and oxygen atoms in total. The van der Waals surface area contributed by atoms with Crippen molar-refractivity contribution in [1.29, 1.82) is 0 Å². The highest BCUT2D eigenvalue weighted by atomic mass is 127. The van der Waals surface area contributed by atoms with E-state index in [1.807, 2.05) is 31.2 Å². The van der Waals surface area contributed by atoms with Gasteiger partial charge >= 0.3 is 5.97 Å². The van der Waals surface area contributed by atoms with Gasteiger partial charge in [0.25, 0.3) is 5.69 Å². The van der Waals surface area contributed by atoms with Crippen LogP contribution in [0.5, 0.6) is 11.5 Å². The summed E-state index contributed by atoms with van der Waals surface area (Å²) in [6, 6.07) is 15.5. The van der Waals surface area contributed by atoms with E-state index in [0.717, 1.165) is 9.13 Å². The number of ether oxygens (including phenoxy) is 3. The number of nitro groups is 1. The first-order valence-corrected chi connectivity index (χ1v) is 12.3. The average Bonchev–Trinajstić information content (AvgIpc) is 3.18. The van der Waals surface area contributed by atoms with Gasteiger partial charge in [0.15, 0.2) is 17.2 Å². The Bertz CT molecular complexity index is 1420. The SMILES string of the molecule is CCOc1cc(/C=C2\N=C(c3cccc([N+](=O)[O-])c3C)OC2=O)cc(I)c1OCc1cccc(Cl)c1. The Labute approximate surface area is 225 Å². The molecule has 0 aliphatic carbocycles. The molecule has 4 rings (SSSR count). The Kier molecular flexibility index (Phi) is 7.90. The minimum Gasteiger partial charge on any atom is -0.490 e. The van der Waals surface area contributed by atoms with Gasteiger partial charge in [0.1, 0.15) is 6.61 Å². The van der Waals surface area contributed by atoms with Crippen molar-refractivity contribution < 1.29 is 23.9 Å². The highest BCUT2D eigenvalue weighted by Gasteiger charge is 2.27. The van der Waals surface area contributed by atoms with E-state index in [4.69, 9.17) is 25.8 Å². The first kappa shape index (κ1) is 25.6. The van der Waals surface area contributed by atoms with Gasteiger partial charge in [-0.15, -0.1) is 0 Å². The second kappa shape index (κ2) is 11.1. The van der Waals surface area contributed by atoms with Crippen LogP contribution in [-0.4, -0.2) is 23.4 Å². The largest absolute Gasteiger partial charge is 0.490 e. The number of rotatable bonds is 8. The summed E-state index contributed by atoms with van der Waals surface area (Å²) < 4.78 is 17.9. The summed E-state index contributed by atoms with van der Waals surface area (Å²) in [7, 11) is 0. The summed E-state index contributed by atoms with van der Waals surface area (Å²) in [6.07, 6.45) is 1.58. The molecule has 1 aliphatic rings. The fraction of sp³-hybridized carbons (Fsp3) is 0.154. The summed E-state index contributed by atoms with van der Waals surface area (Å²) >= 11 is 8.21.